The van der Waals surface area contributed by atoms with Crippen LogP contribution in [0.1, 0.15) is 37.0 Å². The van der Waals surface area contributed by atoms with Crippen molar-refractivity contribution in [3.05, 3.63) is 29.8 Å². The number of alkyl halides is 1. The molecule has 0 saturated carbocycles. The van der Waals surface area contributed by atoms with Crippen LogP contribution in [0.5, 0.6) is 0 Å². The van der Waals surface area contributed by atoms with Crippen molar-refractivity contribution in [3.8, 4) is 0 Å². The SMILES string of the molecule is CCC(CC)(CBr)CNC(=O)c1ccccc1SC. The normalized spacial score (nSPS) is 11.4. The molecule has 1 aromatic rings. The number of rotatable bonds is 7. The summed E-state index contributed by atoms with van der Waals surface area (Å²) in [6, 6.07) is 7.74. The molecule has 0 aliphatic carbocycles. The summed E-state index contributed by atoms with van der Waals surface area (Å²) >= 11 is 5.18. The number of carbonyl (C=O) groups is 1. The van der Waals surface area contributed by atoms with Crippen LogP contribution in [-0.4, -0.2) is 24.0 Å². The van der Waals surface area contributed by atoms with Crippen LogP contribution < -0.4 is 5.32 Å². The first kappa shape index (κ1) is 16.6. The van der Waals surface area contributed by atoms with Gasteiger partial charge in [0.25, 0.3) is 5.91 Å². The van der Waals surface area contributed by atoms with Gasteiger partial charge >= 0.3 is 0 Å². The lowest BCUT2D eigenvalue weighted by Crippen LogP contribution is -2.38. The lowest BCUT2D eigenvalue weighted by molar-refractivity contribution is 0.0929. The van der Waals surface area contributed by atoms with Crippen molar-refractivity contribution in [2.75, 3.05) is 18.1 Å². The summed E-state index contributed by atoms with van der Waals surface area (Å²) in [6.07, 6.45) is 4.10. The standard InChI is InChI=1S/C15H22BrNOS/c1-4-15(5-2,10-16)11-17-14(18)12-8-6-7-9-13(12)19-3/h6-9H,4-5,10-11H2,1-3H3,(H,17,18). The predicted octanol–water partition coefficient (Wildman–Crippen LogP) is 4.34. The lowest BCUT2D eigenvalue weighted by Gasteiger charge is -2.29. The van der Waals surface area contributed by atoms with Crippen LogP contribution in [-0.2, 0) is 0 Å². The lowest BCUT2D eigenvalue weighted by atomic mass is 9.84. The van der Waals surface area contributed by atoms with Crippen molar-refractivity contribution in [2.24, 2.45) is 5.41 Å². The van der Waals surface area contributed by atoms with E-state index in [1.54, 1.807) is 11.8 Å². The van der Waals surface area contributed by atoms with E-state index in [1.165, 1.54) is 0 Å². The molecule has 1 aromatic carbocycles. The minimum Gasteiger partial charge on any atom is -0.351 e. The summed E-state index contributed by atoms with van der Waals surface area (Å²) < 4.78 is 0. The molecule has 0 aliphatic heterocycles. The van der Waals surface area contributed by atoms with Gasteiger partial charge in [0.1, 0.15) is 0 Å². The third kappa shape index (κ3) is 4.25. The van der Waals surface area contributed by atoms with Crippen LogP contribution in [0.2, 0.25) is 0 Å². The van der Waals surface area contributed by atoms with E-state index < -0.39 is 0 Å². The Morgan fingerprint density at radius 3 is 2.47 bits per heavy atom. The summed E-state index contributed by atoms with van der Waals surface area (Å²) in [5, 5.41) is 4.00. The second-order valence-electron chi connectivity index (χ2n) is 4.72. The van der Waals surface area contributed by atoms with E-state index in [2.05, 4.69) is 35.1 Å². The van der Waals surface area contributed by atoms with Crippen LogP contribution in [0, 0.1) is 5.41 Å². The fourth-order valence-electron chi connectivity index (χ4n) is 1.93. The topological polar surface area (TPSA) is 29.1 Å². The zero-order valence-electron chi connectivity index (χ0n) is 11.8. The molecule has 0 unspecified atom stereocenters. The smallest absolute Gasteiger partial charge is 0.252 e. The van der Waals surface area contributed by atoms with Crippen molar-refractivity contribution in [2.45, 2.75) is 31.6 Å². The molecule has 0 fully saturated rings. The van der Waals surface area contributed by atoms with Gasteiger partial charge in [0.05, 0.1) is 5.56 Å². The first-order valence-electron chi connectivity index (χ1n) is 6.59. The molecular weight excluding hydrogens is 322 g/mol. The Labute approximate surface area is 128 Å². The molecule has 0 aromatic heterocycles. The molecule has 106 valence electrons. The molecular formula is C15H22BrNOS. The van der Waals surface area contributed by atoms with Crippen molar-refractivity contribution >= 4 is 33.6 Å². The second kappa shape index (κ2) is 7.95. The van der Waals surface area contributed by atoms with Gasteiger partial charge in [0, 0.05) is 16.8 Å². The average Bonchev–Trinajstić information content (AvgIpc) is 2.49. The van der Waals surface area contributed by atoms with Crippen LogP contribution in [0.25, 0.3) is 0 Å². The van der Waals surface area contributed by atoms with Gasteiger partial charge in [-0.2, -0.15) is 0 Å². The van der Waals surface area contributed by atoms with Crippen molar-refractivity contribution in [3.63, 3.8) is 0 Å². The summed E-state index contributed by atoms with van der Waals surface area (Å²) in [7, 11) is 0. The Morgan fingerprint density at radius 1 is 1.32 bits per heavy atom. The number of hydrogen-bond donors (Lipinski definition) is 1. The van der Waals surface area contributed by atoms with Gasteiger partial charge in [-0.15, -0.1) is 11.8 Å². The molecule has 0 radical (unpaired) electrons. The number of hydrogen-bond acceptors (Lipinski definition) is 2. The highest BCUT2D eigenvalue weighted by molar-refractivity contribution is 9.09. The zero-order valence-corrected chi connectivity index (χ0v) is 14.2. The Hall–Kier alpha value is -0.480. The van der Waals surface area contributed by atoms with E-state index in [-0.39, 0.29) is 11.3 Å². The van der Waals surface area contributed by atoms with Crippen molar-refractivity contribution in [1.82, 2.24) is 5.32 Å². The molecule has 2 nitrogen and oxygen atoms in total. The van der Waals surface area contributed by atoms with Crippen LogP contribution in [0.3, 0.4) is 0 Å². The summed E-state index contributed by atoms with van der Waals surface area (Å²) in [5.41, 5.74) is 0.926. The maximum absolute atomic E-state index is 12.3. The first-order valence-corrected chi connectivity index (χ1v) is 8.94. The highest BCUT2D eigenvalue weighted by Gasteiger charge is 2.25. The summed E-state index contributed by atoms with van der Waals surface area (Å²) in [5.74, 6) is 0.0252. The number of halogens is 1. The van der Waals surface area contributed by atoms with Gasteiger partial charge < -0.3 is 5.32 Å². The predicted molar refractivity (Wildman–Crippen MR) is 87.4 cm³/mol. The average molecular weight is 344 g/mol. The Kier molecular flexibility index (Phi) is 6.94. The van der Waals surface area contributed by atoms with E-state index >= 15 is 0 Å². The quantitative estimate of drug-likeness (QED) is 0.589. The molecule has 0 spiro atoms. The van der Waals surface area contributed by atoms with E-state index in [0.29, 0.717) is 6.54 Å². The van der Waals surface area contributed by atoms with Gasteiger partial charge in [-0.3, -0.25) is 4.79 Å². The van der Waals surface area contributed by atoms with E-state index in [0.717, 1.165) is 28.6 Å². The number of thioether (sulfide) groups is 1. The molecule has 1 rings (SSSR count). The second-order valence-corrected chi connectivity index (χ2v) is 6.13. The number of nitrogens with one attached hydrogen (secondary N) is 1. The van der Waals surface area contributed by atoms with Crippen molar-refractivity contribution in [1.29, 1.82) is 0 Å². The molecule has 0 atom stereocenters. The fourth-order valence-corrected chi connectivity index (χ4v) is 3.52. The maximum atomic E-state index is 12.3. The molecule has 0 bridgehead atoms. The fraction of sp³-hybridized carbons (Fsp3) is 0.533. The molecule has 0 aliphatic rings. The Morgan fingerprint density at radius 2 is 1.95 bits per heavy atom. The maximum Gasteiger partial charge on any atom is 0.252 e. The Bertz CT molecular complexity index is 410. The highest BCUT2D eigenvalue weighted by atomic mass is 79.9. The monoisotopic (exact) mass is 343 g/mol. The summed E-state index contributed by atoms with van der Waals surface area (Å²) in [6.45, 7) is 5.06. The minimum atomic E-state index is 0.0252. The van der Waals surface area contributed by atoms with E-state index in [4.69, 9.17) is 0 Å². The molecule has 1 amide bonds. The molecule has 4 heteroatoms. The number of carbonyl (C=O) groups excluding carboxylic acids is 1. The number of amides is 1. The Balaban J connectivity index is 2.75. The molecule has 0 heterocycles. The molecule has 19 heavy (non-hydrogen) atoms. The number of benzene rings is 1. The van der Waals surface area contributed by atoms with Crippen LogP contribution >= 0.6 is 27.7 Å². The molecule has 1 N–H and O–H groups in total. The van der Waals surface area contributed by atoms with Gasteiger partial charge in [0.2, 0.25) is 0 Å². The first-order chi connectivity index (χ1) is 9.12. The summed E-state index contributed by atoms with van der Waals surface area (Å²) in [4.78, 5) is 13.3. The third-order valence-electron chi connectivity index (χ3n) is 3.76. The van der Waals surface area contributed by atoms with Crippen LogP contribution in [0.4, 0.5) is 0 Å². The van der Waals surface area contributed by atoms with E-state index in [9.17, 15) is 4.79 Å². The van der Waals surface area contributed by atoms with E-state index in [1.807, 2.05) is 30.5 Å². The van der Waals surface area contributed by atoms with Gasteiger partial charge in [0.15, 0.2) is 0 Å². The zero-order chi connectivity index (χ0) is 14.3. The van der Waals surface area contributed by atoms with Crippen LogP contribution in [0.15, 0.2) is 29.2 Å². The minimum absolute atomic E-state index is 0.0252. The third-order valence-corrected chi connectivity index (χ3v) is 5.74. The largest absolute Gasteiger partial charge is 0.351 e. The van der Waals surface area contributed by atoms with Gasteiger partial charge in [-0.25, -0.2) is 0 Å². The van der Waals surface area contributed by atoms with Gasteiger partial charge in [-0.1, -0.05) is 41.9 Å². The van der Waals surface area contributed by atoms with Gasteiger partial charge in [-0.05, 0) is 36.6 Å². The molecule has 0 saturated heterocycles. The highest BCUT2D eigenvalue weighted by Crippen LogP contribution is 2.28. The van der Waals surface area contributed by atoms with Crippen molar-refractivity contribution < 1.29 is 4.79 Å².